The van der Waals surface area contributed by atoms with E-state index in [9.17, 15) is 4.79 Å². The van der Waals surface area contributed by atoms with E-state index in [-0.39, 0.29) is 5.91 Å². The van der Waals surface area contributed by atoms with Gasteiger partial charge in [0.2, 0.25) is 0 Å². The molecule has 0 spiro atoms. The predicted octanol–water partition coefficient (Wildman–Crippen LogP) is 4.14. The first-order chi connectivity index (χ1) is 9.10. The average Bonchev–Trinajstić information content (AvgIpc) is 2.42. The lowest BCUT2D eigenvalue weighted by atomic mass is 9.80. The maximum absolute atomic E-state index is 12.2. The number of hydrogen-bond donors (Lipinski definition) is 1. The van der Waals surface area contributed by atoms with Crippen LogP contribution >= 0.6 is 15.9 Å². The monoisotopic (exact) mass is 323 g/mol. The molecule has 0 bridgehead atoms. The molecule has 1 fully saturated rings. The van der Waals surface area contributed by atoms with Crippen LogP contribution in [0.1, 0.15) is 49.0 Å². The number of amides is 1. The van der Waals surface area contributed by atoms with Crippen molar-refractivity contribution < 1.29 is 4.79 Å². The number of alkyl halides is 1. The van der Waals surface area contributed by atoms with Gasteiger partial charge in [-0.25, -0.2) is 0 Å². The molecule has 1 amide bonds. The minimum atomic E-state index is 0.0625. The zero-order chi connectivity index (χ0) is 13.8. The van der Waals surface area contributed by atoms with Gasteiger partial charge >= 0.3 is 0 Å². The Hall–Kier alpha value is -0.830. The van der Waals surface area contributed by atoms with E-state index in [1.165, 1.54) is 18.4 Å². The van der Waals surface area contributed by atoms with Crippen LogP contribution in [-0.2, 0) is 5.33 Å². The molecule has 2 rings (SSSR count). The van der Waals surface area contributed by atoms with E-state index in [1.54, 1.807) is 0 Å². The van der Waals surface area contributed by atoms with Crippen molar-refractivity contribution in [1.29, 1.82) is 0 Å². The van der Waals surface area contributed by atoms with Crippen LogP contribution in [0.25, 0.3) is 0 Å². The number of carbonyl (C=O) groups excluding carboxylic acids is 1. The summed E-state index contributed by atoms with van der Waals surface area (Å²) >= 11 is 3.41. The van der Waals surface area contributed by atoms with Crippen LogP contribution < -0.4 is 5.32 Å². The minimum Gasteiger partial charge on any atom is -0.349 e. The Balaban J connectivity index is 1.96. The van der Waals surface area contributed by atoms with Crippen molar-refractivity contribution >= 4 is 21.8 Å². The maximum atomic E-state index is 12.2. The van der Waals surface area contributed by atoms with Crippen molar-refractivity contribution in [1.82, 2.24) is 5.32 Å². The smallest absolute Gasteiger partial charge is 0.251 e. The van der Waals surface area contributed by atoms with Crippen molar-refractivity contribution in [2.45, 2.75) is 44.5 Å². The second kappa shape index (κ2) is 6.56. The number of hydrogen-bond acceptors (Lipinski definition) is 1. The first kappa shape index (κ1) is 14.6. The SMILES string of the molecule is CC1CCC(NC(=O)c2ccc(CBr)cc2)C(C)C1. The number of nitrogens with one attached hydrogen (secondary N) is 1. The van der Waals surface area contributed by atoms with Crippen LogP contribution in [0.4, 0.5) is 0 Å². The number of benzene rings is 1. The summed E-state index contributed by atoms with van der Waals surface area (Å²) in [4.78, 5) is 12.2. The topological polar surface area (TPSA) is 29.1 Å². The number of rotatable bonds is 3. The molecule has 3 unspecified atom stereocenters. The third-order valence-corrected chi connectivity index (χ3v) is 4.77. The van der Waals surface area contributed by atoms with Gasteiger partial charge in [-0.2, -0.15) is 0 Å². The van der Waals surface area contributed by atoms with Crippen LogP contribution in [0.15, 0.2) is 24.3 Å². The standard InChI is InChI=1S/C16H22BrNO/c1-11-3-8-15(12(2)9-11)18-16(19)14-6-4-13(10-17)5-7-14/h4-7,11-12,15H,3,8-10H2,1-2H3,(H,18,19). The van der Waals surface area contributed by atoms with Gasteiger partial charge in [0.15, 0.2) is 0 Å². The Morgan fingerprint density at radius 1 is 1.26 bits per heavy atom. The highest BCUT2D eigenvalue weighted by molar-refractivity contribution is 9.08. The summed E-state index contributed by atoms with van der Waals surface area (Å²) in [5, 5.41) is 4.02. The number of carbonyl (C=O) groups is 1. The van der Waals surface area contributed by atoms with Crippen molar-refractivity contribution in [2.24, 2.45) is 11.8 Å². The van der Waals surface area contributed by atoms with Gasteiger partial charge in [-0.05, 0) is 48.8 Å². The van der Waals surface area contributed by atoms with E-state index in [2.05, 4.69) is 35.1 Å². The van der Waals surface area contributed by atoms with E-state index in [0.29, 0.717) is 12.0 Å². The van der Waals surface area contributed by atoms with Crippen LogP contribution in [0.3, 0.4) is 0 Å². The van der Waals surface area contributed by atoms with Crippen LogP contribution in [0, 0.1) is 11.8 Å². The fourth-order valence-electron chi connectivity index (χ4n) is 2.88. The van der Waals surface area contributed by atoms with Gasteiger partial charge in [-0.3, -0.25) is 4.79 Å². The molecule has 0 saturated heterocycles. The van der Waals surface area contributed by atoms with Gasteiger partial charge in [0, 0.05) is 16.9 Å². The quantitative estimate of drug-likeness (QED) is 0.832. The summed E-state index contributed by atoms with van der Waals surface area (Å²) in [6, 6.07) is 8.13. The lowest BCUT2D eigenvalue weighted by Crippen LogP contribution is -2.42. The Labute approximate surface area is 124 Å². The molecule has 0 aromatic heterocycles. The molecule has 104 valence electrons. The van der Waals surface area contributed by atoms with E-state index in [4.69, 9.17) is 0 Å². The van der Waals surface area contributed by atoms with Gasteiger partial charge in [-0.1, -0.05) is 41.9 Å². The molecule has 1 aromatic carbocycles. The van der Waals surface area contributed by atoms with Crippen molar-refractivity contribution in [3.63, 3.8) is 0 Å². The summed E-state index contributed by atoms with van der Waals surface area (Å²) in [5.74, 6) is 1.43. The highest BCUT2D eigenvalue weighted by Gasteiger charge is 2.26. The predicted molar refractivity (Wildman–Crippen MR) is 82.5 cm³/mol. The van der Waals surface area contributed by atoms with Crippen LogP contribution in [0.5, 0.6) is 0 Å². The van der Waals surface area contributed by atoms with Crippen LogP contribution in [0.2, 0.25) is 0 Å². The Morgan fingerprint density at radius 3 is 2.53 bits per heavy atom. The van der Waals surface area contributed by atoms with Gasteiger partial charge in [0.25, 0.3) is 5.91 Å². The molecular weight excluding hydrogens is 302 g/mol. The Bertz CT molecular complexity index is 429. The lowest BCUT2D eigenvalue weighted by molar-refractivity contribution is 0.0899. The van der Waals surface area contributed by atoms with E-state index in [1.807, 2.05) is 24.3 Å². The summed E-state index contributed by atoms with van der Waals surface area (Å²) < 4.78 is 0. The average molecular weight is 324 g/mol. The van der Waals surface area contributed by atoms with Crippen molar-refractivity contribution in [3.05, 3.63) is 35.4 Å². The molecule has 0 heterocycles. The summed E-state index contributed by atoms with van der Waals surface area (Å²) in [5.41, 5.74) is 1.95. The first-order valence-corrected chi connectivity index (χ1v) is 8.18. The Morgan fingerprint density at radius 2 is 1.95 bits per heavy atom. The third kappa shape index (κ3) is 3.82. The minimum absolute atomic E-state index is 0.0625. The molecule has 1 N–H and O–H groups in total. The highest BCUT2D eigenvalue weighted by Crippen LogP contribution is 2.28. The molecule has 1 aromatic rings. The zero-order valence-corrected chi connectivity index (χ0v) is 13.2. The van der Waals surface area contributed by atoms with Crippen LogP contribution in [-0.4, -0.2) is 11.9 Å². The second-order valence-electron chi connectivity index (χ2n) is 5.81. The van der Waals surface area contributed by atoms with Crippen molar-refractivity contribution in [3.8, 4) is 0 Å². The normalized spacial score (nSPS) is 27.0. The molecule has 0 radical (unpaired) electrons. The van der Waals surface area contributed by atoms with E-state index in [0.717, 1.165) is 23.2 Å². The molecule has 3 heteroatoms. The summed E-state index contributed by atoms with van der Waals surface area (Å²) in [6.07, 6.45) is 3.54. The summed E-state index contributed by atoms with van der Waals surface area (Å²) in [7, 11) is 0. The largest absolute Gasteiger partial charge is 0.349 e. The first-order valence-electron chi connectivity index (χ1n) is 7.06. The molecule has 19 heavy (non-hydrogen) atoms. The molecular formula is C16H22BrNO. The molecule has 1 aliphatic rings. The Kier molecular flexibility index (Phi) is 5.03. The van der Waals surface area contributed by atoms with E-state index >= 15 is 0 Å². The highest BCUT2D eigenvalue weighted by atomic mass is 79.9. The lowest BCUT2D eigenvalue weighted by Gasteiger charge is -2.33. The fraction of sp³-hybridized carbons (Fsp3) is 0.562. The zero-order valence-electron chi connectivity index (χ0n) is 11.7. The van der Waals surface area contributed by atoms with Gasteiger partial charge in [0.1, 0.15) is 0 Å². The molecule has 1 saturated carbocycles. The second-order valence-corrected chi connectivity index (χ2v) is 6.37. The molecule has 3 atom stereocenters. The molecule has 0 aliphatic heterocycles. The van der Waals surface area contributed by atoms with Gasteiger partial charge < -0.3 is 5.32 Å². The molecule has 2 nitrogen and oxygen atoms in total. The maximum Gasteiger partial charge on any atom is 0.251 e. The summed E-state index contributed by atoms with van der Waals surface area (Å²) in [6.45, 7) is 4.54. The van der Waals surface area contributed by atoms with Gasteiger partial charge in [-0.15, -0.1) is 0 Å². The van der Waals surface area contributed by atoms with E-state index < -0.39 is 0 Å². The van der Waals surface area contributed by atoms with Crippen molar-refractivity contribution in [2.75, 3.05) is 0 Å². The third-order valence-electron chi connectivity index (χ3n) is 4.12. The molecule has 1 aliphatic carbocycles. The number of halogens is 1. The van der Waals surface area contributed by atoms with Gasteiger partial charge in [0.05, 0.1) is 0 Å². The fourth-order valence-corrected chi connectivity index (χ4v) is 3.25.